The first kappa shape index (κ1) is 13.6. The van der Waals surface area contributed by atoms with Crippen molar-refractivity contribution >= 4 is 22.3 Å². The number of aromatic nitrogens is 1. The van der Waals surface area contributed by atoms with Gasteiger partial charge in [0.1, 0.15) is 0 Å². The molecular weight excluding hydrogens is 238 g/mol. The quantitative estimate of drug-likeness (QED) is 0.772. The topological polar surface area (TPSA) is 71.2 Å². The first-order valence-electron chi connectivity index (χ1n) is 6.69. The van der Waals surface area contributed by atoms with Crippen molar-refractivity contribution in [3.63, 3.8) is 0 Å². The zero-order valence-electron chi connectivity index (χ0n) is 11.5. The van der Waals surface area contributed by atoms with Crippen molar-refractivity contribution in [1.82, 2.24) is 4.98 Å². The second kappa shape index (κ2) is 5.45. The van der Waals surface area contributed by atoms with E-state index in [-0.39, 0.29) is 0 Å². The Morgan fingerprint density at radius 2 is 1.95 bits per heavy atom. The van der Waals surface area contributed by atoms with E-state index in [9.17, 15) is 5.11 Å². The van der Waals surface area contributed by atoms with Crippen molar-refractivity contribution in [2.24, 2.45) is 0 Å². The Kier molecular flexibility index (Phi) is 3.90. The summed E-state index contributed by atoms with van der Waals surface area (Å²) in [4.78, 5) is 4.30. The summed E-state index contributed by atoms with van der Waals surface area (Å²) >= 11 is 0. The highest BCUT2D eigenvalue weighted by Crippen LogP contribution is 2.28. The second-order valence-corrected chi connectivity index (χ2v) is 4.89. The minimum Gasteiger partial charge on any atom is -0.396 e. The van der Waals surface area contributed by atoms with E-state index in [4.69, 9.17) is 5.73 Å². The van der Waals surface area contributed by atoms with Crippen molar-refractivity contribution in [2.45, 2.75) is 32.3 Å². The molecule has 0 spiro atoms. The van der Waals surface area contributed by atoms with Crippen LogP contribution in [0.15, 0.2) is 30.5 Å². The van der Waals surface area contributed by atoms with Gasteiger partial charge in [-0.25, -0.2) is 0 Å². The molecule has 1 heterocycles. The number of fused-ring (bicyclic) bond motifs is 1. The summed E-state index contributed by atoms with van der Waals surface area (Å²) in [6.45, 7) is 4.45. The maximum atomic E-state index is 10.3. The SMILES string of the molecule is CCC(O)(CC)CNc1c(N)cnc2ccccc12. The van der Waals surface area contributed by atoms with Crippen LogP contribution >= 0.6 is 0 Å². The minimum absolute atomic E-state index is 0.484. The lowest BCUT2D eigenvalue weighted by Crippen LogP contribution is -2.35. The molecule has 19 heavy (non-hydrogen) atoms. The number of nitrogens with two attached hydrogens (primary N) is 1. The van der Waals surface area contributed by atoms with Crippen LogP contribution in [-0.4, -0.2) is 22.2 Å². The molecule has 0 radical (unpaired) electrons. The van der Waals surface area contributed by atoms with Gasteiger partial charge >= 0.3 is 0 Å². The molecule has 0 fully saturated rings. The molecule has 0 atom stereocenters. The number of pyridine rings is 1. The molecule has 2 rings (SSSR count). The lowest BCUT2D eigenvalue weighted by atomic mass is 9.97. The summed E-state index contributed by atoms with van der Waals surface area (Å²) in [5.74, 6) is 0. The van der Waals surface area contributed by atoms with Crippen LogP contribution in [0.1, 0.15) is 26.7 Å². The van der Waals surface area contributed by atoms with Crippen LogP contribution in [0.5, 0.6) is 0 Å². The van der Waals surface area contributed by atoms with Crippen molar-refractivity contribution < 1.29 is 5.11 Å². The molecule has 0 aliphatic rings. The number of hydrogen-bond donors (Lipinski definition) is 3. The molecule has 0 bridgehead atoms. The minimum atomic E-state index is -0.698. The van der Waals surface area contributed by atoms with Gasteiger partial charge in [0.25, 0.3) is 0 Å². The molecule has 4 N–H and O–H groups in total. The Bertz CT molecular complexity index is 564. The summed E-state index contributed by atoms with van der Waals surface area (Å²) in [7, 11) is 0. The average Bonchev–Trinajstić information content (AvgIpc) is 2.46. The maximum absolute atomic E-state index is 10.3. The largest absolute Gasteiger partial charge is 0.396 e. The lowest BCUT2D eigenvalue weighted by Gasteiger charge is -2.26. The summed E-state index contributed by atoms with van der Waals surface area (Å²) in [6.07, 6.45) is 3.07. The normalized spacial score (nSPS) is 11.7. The van der Waals surface area contributed by atoms with Crippen molar-refractivity contribution in [1.29, 1.82) is 0 Å². The van der Waals surface area contributed by atoms with Gasteiger partial charge in [-0.2, -0.15) is 0 Å². The first-order valence-corrected chi connectivity index (χ1v) is 6.69. The predicted molar refractivity (Wildman–Crippen MR) is 80.2 cm³/mol. The first-order chi connectivity index (χ1) is 9.09. The highest BCUT2D eigenvalue weighted by atomic mass is 16.3. The molecule has 0 aliphatic carbocycles. The standard InChI is InChI=1S/C15H21N3O/c1-3-15(19,4-2)10-18-14-11-7-5-6-8-13(11)17-9-12(14)16/h5-9,19H,3-4,10,16H2,1-2H3,(H,17,18). The van der Waals surface area contributed by atoms with Gasteiger partial charge in [0.15, 0.2) is 0 Å². The van der Waals surface area contributed by atoms with E-state index in [1.165, 1.54) is 0 Å². The van der Waals surface area contributed by atoms with Crippen molar-refractivity contribution in [2.75, 3.05) is 17.6 Å². The zero-order chi connectivity index (χ0) is 13.9. The number of aliphatic hydroxyl groups is 1. The van der Waals surface area contributed by atoms with Crippen LogP contribution in [0.2, 0.25) is 0 Å². The van der Waals surface area contributed by atoms with E-state index < -0.39 is 5.60 Å². The number of benzene rings is 1. The Morgan fingerprint density at radius 3 is 2.63 bits per heavy atom. The molecule has 0 aliphatic heterocycles. The molecule has 2 aromatic rings. The average molecular weight is 259 g/mol. The van der Waals surface area contributed by atoms with Crippen LogP contribution in [-0.2, 0) is 0 Å². The monoisotopic (exact) mass is 259 g/mol. The van der Waals surface area contributed by atoms with Crippen LogP contribution in [0.4, 0.5) is 11.4 Å². The van der Waals surface area contributed by atoms with E-state index >= 15 is 0 Å². The van der Waals surface area contributed by atoms with Gasteiger partial charge in [0.2, 0.25) is 0 Å². The van der Waals surface area contributed by atoms with Crippen LogP contribution in [0, 0.1) is 0 Å². The van der Waals surface area contributed by atoms with Gasteiger partial charge in [-0.15, -0.1) is 0 Å². The van der Waals surface area contributed by atoms with E-state index in [2.05, 4.69) is 10.3 Å². The Morgan fingerprint density at radius 1 is 1.26 bits per heavy atom. The molecule has 1 aromatic heterocycles. The lowest BCUT2D eigenvalue weighted by molar-refractivity contribution is 0.0457. The number of para-hydroxylation sites is 1. The molecule has 0 saturated heterocycles. The molecule has 4 nitrogen and oxygen atoms in total. The number of rotatable bonds is 5. The van der Waals surface area contributed by atoms with Gasteiger partial charge in [0, 0.05) is 11.9 Å². The van der Waals surface area contributed by atoms with E-state index in [1.54, 1.807) is 6.20 Å². The number of nitrogens with one attached hydrogen (secondary N) is 1. The number of nitrogen functional groups attached to an aromatic ring is 1. The fourth-order valence-corrected chi connectivity index (χ4v) is 2.11. The number of anilines is 2. The third-order valence-corrected chi connectivity index (χ3v) is 3.72. The van der Waals surface area contributed by atoms with Gasteiger partial charge in [0.05, 0.1) is 28.7 Å². The molecule has 102 valence electrons. The maximum Gasteiger partial charge on any atom is 0.0814 e. The van der Waals surface area contributed by atoms with Crippen LogP contribution in [0.25, 0.3) is 10.9 Å². The smallest absolute Gasteiger partial charge is 0.0814 e. The predicted octanol–water partition coefficient (Wildman–Crippen LogP) is 2.78. The highest BCUT2D eigenvalue weighted by molar-refractivity contribution is 5.96. The van der Waals surface area contributed by atoms with Gasteiger partial charge in [-0.1, -0.05) is 32.0 Å². The number of nitrogens with zero attached hydrogens (tertiary/aromatic N) is 1. The van der Waals surface area contributed by atoms with Crippen molar-refractivity contribution in [3.8, 4) is 0 Å². The fourth-order valence-electron chi connectivity index (χ4n) is 2.11. The van der Waals surface area contributed by atoms with Gasteiger partial charge < -0.3 is 16.2 Å². The van der Waals surface area contributed by atoms with Crippen LogP contribution < -0.4 is 11.1 Å². The summed E-state index contributed by atoms with van der Waals surface area (Å²) in [5.41, 5.74) is 7.65. The Hall–Kier alpha value is -1.81. The fraction of sp³-hybridized carbons (Fsp3) is 0.400. The summed E-state index contributed by atoms with van der Waals surface area (Å²) in [6, 6.07) is 7.84. The molecule has 0 unspecified atom stereocenters. The van der Waals surface area contributed by atoms with Gasteiger partial charge in [-0.3, -0.25) is 4.98 Å². The number of hydrogen-bond acceptors (Lipinski definition) is 4. The highest BCUT2D eigenvalue weighted by Gasteiger charge is 2.22. The second-order valence-electron chi connectivity index (χ2n) is 4.89. The van der Waals surface area contributed by atoms with Crippen LogP contribution in [0.3, 0.4) is 0 Å². The molecule has 4 heteroatoms. The zero-order valence-corrected chi connectivity index (χ0v) is 11.5. The molecular formula is C15H21N3O. The van der Waals surface area contributed by atoms with E-state index in [0.717, 1.165) is 16.6 Å². The third-order valence-electron chi connectivity index (χ3n) is 3.72. The Labute approximate surface area is 113 Å². The van der Waals surface area contributed by atoms with Crippen molar-refractivity contribution in [3.05, 3.63) is 30.5 Å². The molecule has 0 amide bonds. The third kappa shape index (κ3) is 2.79. The summed E-state index contributed by atoms with van der Waals surface area (Å²) in [5, 5.41) is 14.6. The Balaban J connectivity index is 2.32. The van der Waals surface area contributed by atoms with E-state index in [0.29, 0.717) is 25.1 Å². The molecule has 0 saturated carbocycles. The molecule has 1 aromatic carbocycles. The van der Waals surface area contributed by atoms with Gasteiger partial charge in [-0.05, 0) is 18.9 Å². The summed E-state index contributed by atoms with van der Waals surface area (Å²) < 4.78 is 0. The van der Waals surface area contributed by atoms with E-state index in [1.807, 2.05) is 38.1 Å².